The summed E-state index contributed by atoms with van der Waals surface area (Å²) >= 11 is 0. The molecule has 2 amide bonds. The number of nitrogens with one attached hydrogen (secondary N) is 2. The van der Waals surface area contributed by atoms with Crippen LogP contribution in [0, 0.1) is 0 Å². The van der Waals surface area contributed by atoms with Crippen molar-refractivity contribution in [2.24, 2.45) is 0 Å². The van der Waals surface area contributed by atoms with Crippen LogP contribution in [0.1, 0.15) is 19.8 Å². The molecule has 0 heterocycles. The summed E-state index contributed by atoms with van der Waals surface area (Å²) in [5, 5.41) is 13.9. The third-order valence-electron chi connectivity index (χ3n) is 2.83. The van der Waals surface area contributed by atoms with Crippen molar-refractivity contribution < 1.29 is 24.2 Å². The van der Waals surface area contributed by atoms with Crippen LogP contribution in [0.4, 0.5) is 10.5 Å². The van der Waals surface area contributed by atoms with Crippen molar-refractivity contribution >= 4 is 17.7 Å². The molecule has 1 aromatic rings. The summed E-state index contributed by atoms with van der Waals surface area (Å²) < 4.78 is 10.2. The molecule has 0 radical (unpaired) electrons. The van der Waals surface area contributed by atoms with E-state index in [-0.39, 0.29) is 12.5 Å². The van der Waals surface area contributed by atoms with E-state index in [9.17, 15) is 9.59 Å². The monoisotopic (exact) mass is 296 g/mol. The maximum absolute atomic E-state index is 11.8. The molecule has 7 heteroatoms. The van der Waals surface area contributed by atoms with Crippen molar-refractivity contribution in [3.05, 3.63) is 18.2 Å². The zero-order valence-electron chi connectivity index (χ0n) is 12.3. The van der Waals surface area contributed by atoms with Crippen LogP contribution in [-0.4, -0.2) is 37.4 Å². The van der Waals surface area contributed by atoms with Crippen LogP contribution < -0.4 is 20.1 Å². The second kappa shape index (κ2) is 7.98. The van der Waals surface area contributed by atoms with Gasteiger partial charge in [0, 0.05) is 18.5 Å². The molecular weight excluding hydrogens is 276 g/mol. The number of benzene rings is 1. The van der Waals surface area contributed by atoms with E-state index >= 15 is 0 Å². The number of rotatable bonds is 7. The smallest absolute Gasteiger partial charge is 0.319 e. The lowest BCUT2D eigenvalue weighted by molar-refractivity contribution is -0.137. The summed E-state index contributed by atoms with van der Waals surface area (Å²) in [6.45, 7) is 1.74. The van der Waals surface area contributed by atoms with Gasteiger partial charge in [0.25, 0.3) is 0 Å². The number of hydrogen-bond donors (Lipinski definition) is 3. The summed E-state index contributed by atoms with van der Waals surface area (Å²) in [7, 11) is 3.03. The van der Waals surface area contributed by atoms with Gasteiger partial charge in [-0.1, -0.05) is 0 Å². The Hall–Kier alpha value is -2.44. The fourth-order valence-corrected chi connectivity index (χ4v) is 1.70. The molecule has 21 heavy (non-hydrogen) atoms. The van der Waals surface area contributed by atoms with E-state index in [1.165, 1.54) is 7.11 Å². The molecule has 1 atom stereocenters. The van der Waals surface area contributed by atoms with Crippen LogP contribution in [0.25, 0.3) is 0 Å². The molecule has 7 nitrogen and oxygen atoms in total. The topological polar surface area (TPSA) is 96.9 Å². The van der Waals surface area contributed by atoms with E-state index in [1.54, 1.807) is 32.2 Å². The SMILES string of the molecule is COc1ccc(NC(=O)NC(C)CCC(=O)O)c(OC)c1. The molecule has 0 saturated heterocycles. The molecule has 116 valence electrons. The first-order chi connectivity index (χ1) is 9.96. The predicted molar refractivity (Wildman–Crippen MR) is 78.0 cm³/mol. The largest absolute Gasteiger partial charge is 0.497 e. The average Bonchev–Trinajstić information content (AvgIpc) is 2.45. The van der Waals surface area contributed by atoms with Crippen LogP contribution in [0.2, 0.25) is 0 Å². The summed E-state index contributed by atoms with van der Waals surface area (Å²) in [6, 6.07) is 4.36. The molecule has 0 aliphatic carbocycles. The quantitative estimate of drug-likeness (QED) is 0.715. The third kappa shape index (κ3) is 5.60. The van der Waals surface area contributed by atoms with Gasteiger partial charge in [-0.05, 0) is 25.5 Å². The van der Waals surface area contributed by atoms with Gasteiger partial charge < -0.3 is 25.2 Å². The first-order valence-corrected chi connectivity index (χ1v) is 6.47. The number of ether oxygens (including phenoxy) is 2. The van der Waals surface area contributed by atoms with Gasteiger partial charge in [-0.15, -0.1) is 0 Å². The van der Waals surface area contributed by atoms with E-state index in [2.05, 4.69) is 10.6 Å². The van der Waals surface area contributed by atoms with Crippen molar-refractivity contribution in [2.45, 2.75) is 25.8 Å². The number of methoxy groups -OCH3 is 2. The lowest BCUT2D eigenvalue weighted by Crippen LogP contribution is -2.36. The van der Waals surface area contributed by atoms with E-state index in [1.807, 2.05) is 0 Å². The molecule has 1 rings (SSSR count). The molecule has 0 saturated carbocycles. The van der Waals surface area contributed by atoms with E-state index in [4.69, 9.17) is 14.6 Å². The summed E-state index contributed by atoms with van der Waals surface area (Å²) in [5.74, 6) is 0.205. The third-order valence-corrected chi connectivity index (χ3v) is 2.83. The molecule has 1 aromatic carbocycles. The van der Waals surface area contributed by atoms with Crippen LogP contribution in [-0.2, 0) is 4.79 Å². The zero-order chi connectivity index (χ0) is 15.8. The van der Waals surface area contributed by atoms with E-state index in [0.717, 1.165) is 0 Å². The Labute approximate surface area is 123 Å². The highest BCUT2D eigenvalue weighted by molar-refractivity contribution is 5.91. The Bertz CT molecular complexity index is 504. The standard InChI is InChI=1S/C14H20N2O5/c1-9(4-7-13(17)18)15-14(19)16-11-6-5-10(20-2)8-12(11)21-3/h5-6,8-9H,4,7H2,1-3H3,(H,17,18)(H2,15,16,19). The molecule has 0 aromatic heterocycles. The number of hydrogen-bond acceptors (Lipinski definition) is 4. The van der Waals surface area contributed by atoms with Gasteiger partial charge in [0.15, 0.2) is 0 Å². The molecular formula is C14H20N2O5. The van der Waals surface area contributed by atoms with Crippen LogP contribution in [0.5, 0.6) is 11.5 Å². The number of carboxylic acids is 1. The second-order valence-electron chi connectivity index (χ2n) is 4.50. The van der Waals surface area contributed by atoms with Crippen LogP contribution in [0.15, 0.2) is 18.2 Å². The van der Waals surface area contributed by atoms with Crippen molar-refractivity contribution in [2.75, 3.05) is 19.5 Å². The summed E-state index contributed by atoms with van der Waals surface area (Å²) in [4.78, 5) is 22.3. The second-order valence-corrected chi connectivity index (χ2v) is 4.50. The van der Waals surface area contributed by atoms with Gasteiger partial charge in [0.05, 0.1) is 19.9 Å². The molecule has 0 aliphatic rings. The molecule has 0 aliphatic heterocycles. The van der Waals surface area contributed by atoms with Gasteiger partial charge in [0.2, 0.25) is 0 Å². The lowest BCUT2D eigenvalue weighted by Gasteiger charge is -2.15. The minimum atomic E-state index is -0.888. The van der Waals surface area contributed by atoms with Gasteiger partial charge in [-0.2, -0.15) is 0 Å². The van der Waals surface area contributed by atoms with E-state index in [0.29, 0.717) is 23.6 Å². The fraction of sp³-hybridized carbons (Fsp3) is 0.429. The zero-order valence-corrected chi connectivity index (χ0v) is 12.3. The number of amides is 2. The van der Waals surface area contributed by atoms with Gasteiger partial charge in [-0.3, -0.25) is 4.79 Å². The molecule has 0 spiro atoms. The molecule has 1 unspecified atom stereocenters. The predicted octanol–water partition coefficient (Wildman–Crippen LogP) is 2.08. The minimum absolute atomic E-state index is 0.00725. The number of carbonyl (C=O) groups excluding carboxylic acids is 1. The average molecular weight is 296 g/mol. The molecule has 3 N–H and O–H groups in total. The van der Waals surface area contributed by atoms with Crippen molar-refractivity contribution in [1.82, 2.24) is 5.32 Å². The number of carbonyl (C=O) groups is 2. The van der Waals surface area contributed by atoms with Crippen LogP contribution >= 0.6 is 0 Å². The first kappa shape index (κ1) is 16.6. The number of carboxylic acid groups (broad SMARTS) is 1. The Morgan fingerprint density at radius 3 is 2.57 bits per heavy atom. The highest BCUT2D eigenvalue weighted by atomic mass is 16.5. The lowest BCUT2D eigenvalue weighted by atomic mass is 10.2. The number of anilines is 1. The first-order valence-electron chi connectivity index (χ1n) is 6.47. The highest BCUT2D eigenvalue weighted by Crippen LogP contribution is 2.28. The van der Waals surface area contributed by atoms with Crippen LogP contribution in [0.3, 0.4) is 0 Å². The minimum Gasteiger partial charge on any atom is -0.497 e. The highest BCUT2D eigenvalue weighted by Gasteiger charge is 2.12. The Morgan fingerprint density at radius 2 is 2.00 bits per heavy atom. The fourth-order valence-electron chi connectivity index (χ4n) is 1.70. The van der Waals surface area contributed by atoms with Gasteiger partial charge in [-0.25, -0.2) is 4.79 Å². The number of urea groups is 1. The summed E-state index contributed by atoms with van der Waals surface area (Å²) in [5.41, 5.74) is 0.501. The van der Waals surface area contributed by atoms with Gasteiger partial charge in [0.1, 0.15) is 11.5 Å². The summed E-state index contributed by atoms with van der Waals surface area (Å²) in [6.07, 6.45) is 0.371. The molecule has 0 fully saturated rings. The van der Waals surface area contributed by atoms with Gasteiger partial charge >= 0.3 is 12.0 Å². The number of aliphatic carboxylic acids is 1. The van der Waals surface area contributed by atoms with Crippen molar-refractivity contribution in [1.29, 1.82) is 0 Å². The van der Waals surface area contributed by atoms with Crippen molar-refractivity contribution in [3.63, 3.8) is 0 Å². The Morgan fingerprint density at radius 1 is 1.29 bits per heavy atom. The van der Waals surface area contributed by atoms with E-state index < -0.39 is 12.0 Å². The van der Waals surface area contributed by atoms with Crippen molar-refractivity contribution in [3.8, 4) is 11.5 Å². The Kier molecular flexibility index (Phi) is 6.32. The maximum Gasteiger partial charge on any atom is 0.319 e. The normalized spacial score (nSPS) is 11.4. The Balaban J connectivity index is 2.60. The molecule has 0 bridgehead atoms. The maximum atomic E-state index is 11.8.